The molecule has 0 spiro atoms. The van der Waals surface area contributed by atoms with Gasteiger partial charge in [0.05, 0.1) is 22.2 Å². The number of aliphatic hydroxyl groups is 1. The minimum atomic E-state index is -0.993. The maximum absolute atomic E-state index is 14.2. The first kappa shape index (κ1) is 35.2. The number of thiazole rings is 1. The third kappa shape index (κ3) is 7.95. The monoisotopic (exact) mass is 673 g/mol. The molecule has 2 aromatic carbocycles. The molecule has 1 saturated heterocycles. The van der Waals surface area contributed by atoms with Crippen LogP contribution in [0.15, 0.2) is 54.0 Å². The van der Waals surface area contributed by atoms with Gasteiger partial charge < -0.3 is 25.5 Å². The van der Waals surface area contributed by atoms with Crippen LogP contribution in [0.3, 0.4) is 0 Å². The van der Waals surface area contributed by atoms with Crippen LogP contribution < -0.4 is 10.6 Å². The molecule has 0 aliphatic carbocycles. The van der Waals surface area contributed by atoms with Crippen LogP contribution in [-0.2, 0) is 38.7 Å². The maximum Gasteiger partial charge on any atom is 0.246 e. The first-order valence-corrected chi connectivity index (χ1v) is 17.5. The Hall–Kier alpha value is -4.09. The number of hydrogen-bond donors (Lipinski definition) is 3. The van der Waals surface area contributed by atoms with Crippen molar-refractivity contribution in [2.75, 3.05) is 6.54 Å². The number of fused-ring (bicyclic) bond motifs is 1. The Morgan fingerprint density at radius 2 is 1.67 bits per heavy atom. The van der Waals surface area contributed by atoms with Crippen molar-refractivity contribution < 1.29 is 24.3 Å². The molecule has 3 heterocycles. The lowest BCUT2D eigenvalue weighted by Gasteiger charge is -2.39. The second-order valence-electron chi connectivity index (χ2n) is 14.5. The van der Waals surface area contributed by atoms with Crippen LogP contribution in [0, 0.1) is 18.3 Å². The molecule has 256 valence electrons. The zero-order chi connectivity index (χ0) is 34.7. The molecule has 2 aliphatic heterocycles. The normalized spacial score (nSPS) is 20.0. The number of carbonyl (C=O) groups excluding carboxylic acids is 4. The molecule has 10 nitrogen and oxygen atoms in total. The molecule has 4 amide bonds. The molecule has 0 radical (unpaired) electrons. The Balaban J connectivity index is 1.29. The average Bonchev–Trinajstić information content (AvgIpc) is 3.66. The molecule has 5 rings (SSSR count). The van der Waals surface area contributed by atoms with Gasteiger partial charge in [0.2, 0.25) is 23.6 Å². The third-order valence-corrected chi connectivity index (χ3v) is 10.1. The summed E-state index contributed by atoms with van der Waals surface area (Å²) in [6, 6.07) is 13.0. The van der Waals surface area contributed by atoms with Gasteiger partial charge in [0.15, 0.2) is 0 Å². The summed E-state index contributed by atoms with van der Waals surface area (Å²) < 4.78 is 0. The Labute approximate surface area is 286 Å². The summed E-state index contributed by atoms with van der Waals surface area (Å²) in [6.45, 7) is 12.0. The zero-order valence-corrected chi connectivity index (χ0v) is 29.5. The number of amides is 4. The fraction of sp³-hybridized carbons (Fsp3) is 0.486. The lowest BCUT2D eigenvalue weighted by Crippen LogP contribution is -2.61. The molecule has 4 unspecified atom stereocenters. The number of benzene rings is 2. The van der Waals surface area contributed by atoms with Gasteiger partial charge in [-0.2, -0.15) is 0 Å². The summed E-state index contributed by atoms with van der Waals surface area (Å²) >= 11 is 1.58. The smallest absolute Gasteiger partial charge is 0.246 e. The molecule has 3 aromatic rings. The van der Waals surface area contributed by atoms with Crippen molar-refractivity contribution in [2.24, 2.45) is 11.3 Å². The second kappa shape index (κ2) is 14.6. The molecule has 2 aliphatic rings. The summed E-state index contributed by atoms with van der Waals surface area (Å²) in [7, 11) is 0. The first-order valence-electron chi connectivity index (χ1n) is 16.6. The largest absolute Gasteiger partial charge is 0.391 e. The minimum absolute atomic E-state index is 0.0158. The first-order chi connectivity index (χ1) is 22.7. The van der Waals surface area contributed by atoms with Gasteiger partial charge in [0.25, 0.3) is 0 Å². The molecule has 3 N–H and O–H groups in total. The Kier molecular flexibility index (Phi) is 10.7. The molecule has 0 saturated carbocycles. The van der Waals surface area contributed by atoms with Gasteiger partial charge >= 0.3 is 0 Å². The van der Waals surface area contributed by atoms with Crippen LogP contribution in [0.4, 0.5) is 0 Å². The lowest BCUT2D eigenvalue weighted by atomic mass is 9.84. The molecule has 4 atom stereocenters. The van der Waals surface area contributed by atoms with Gasteiger partial charge in [-0.15, -0.1) is 11.3 Å². The van der Waals surface area contributed by atoms with E-state index in [1.165, 1.54) is 4.90 Å². The average molecular weight is 674 g/mol. The van der Waals surface area contributed by atoms with Gasteiger partial charge in [0, 0.05) is 38.9 Å². The Morgan fingerprint density at radius 3 is 2.29 bits per heavy atom. The number of hydrogen-bond acceptors (Lipinski definition) is 7. The highest BCUT2D eigenvalue weighted by Gasteiger charge is 2.46. The number of carbonyl (C=O) groups is 4. The quantitative estimate of drug-likeness (QED) is 0.312. The molecular formula is C37H47N5O5S. The fourth-order valence-corrected chi connectivity index (χ4v) is 7.32. The Morgan fingerprint density at radius 1 is 0.979 bits per heavy atom. The molecular weight excluding hydrogens is 627 g/mol. The third-order valence-electron chi connectivity index (χ3n) is 9.15. The minimum Gasteiger partial charge on any atom is -0.391 e. The van der Waals surface area contributed by atoms with Crippen molar-refractivity contribution in [3.8, 4) is 10.4 Å². The van der Waals surface area contributed by atoms with Crippen molar-refractivity contribution in [3.05, 3.63) is 76.4 Å². The highest BCUT2D eigenvalue weighted by Crippen LogP contribution is 2.30. The summed E-state index contributed by atoms with van der Waals surface area (Å²) in [5.74, 6) is -1.19. The van der Waals surface area contributed by atoms with Gasteiger partial charge in [-0.05, 0) is 40.5 Å². The standard InChI is InChI=1S/C37H47N5O5S/c1-22(2)15-31(44)41-19-27-10-8-7-9-26(27)16-29(41)35(46)40-33(37(4,5)6)36(47)42-20-28(43)17-30(42)34(45)38-18-24-11-13-25(14-12-24)32-23(3)39-21-48-32/h7-14,21-22,28-30,33,43H,15-20H2,1-6H3,(H,38,45)(H,40,46). The molecule has 1 aromatic heterocycles. The van der Waals surface area contributed by atoms with Crippen molar-refractivity contribution in [3.63, 3.8) is 0 Å². The number of likely N-dealkylation sites (tertiary alicyclic amines) is 1. The predicted octanol–water partition coefficient (Wildman–Crippen LogP) is 4.23. The second-order valence-corrected chi connectivity index (χ2v) is 15.3. The van der Waals surface area contributed by atoms with E-state index in [1.54, 1.807) is 16.2 Å². The predicted molar refractivity (Wildman–Crippen MR) is 186 cm³/mol. The molecule has 48 heavy (non-hydrogen) atoms. The van der Waals surface area contributed by atoms with E-state index in [9.17, 15) is 24.3 Å². The zero-order valence-electron chi connectivity index (χ0n) is 28.7. The van der Waals surface area contributed by atoms with Crippen LogP contribution in [0.2, 0.25) is 0 Å². The topological polar surface area (TPSA) is 132 Å². The Bertz CT molecular complexity index is 1650. The number of rotatable bonds is 9. The van der Waals surface area contributed by atoms with Crippen molar-refractivity contribution in [1.29, 1.82) is 0 Å². The van der Waals surface area contributed by atoms with Crippen LogP contribution in [-0.4, -0.2) is 74.3 Å². The highest BCUT2D eigenvalue weighted by atomic mass is 32.1. The number of nitrogens with one attached hydrogen (secondary N) is 2. The summed E-state index contributed by atoms with van der Waals surface area (Å²) in [4.78, 5) is 63.5. The number of aliphatic hydroxyl groups excluding tert-OH is 1. The number of nitrogens with zero attached hydrogens (tertiary/aromatic N) is 3. The molecule has 11 heteroatoms. The van der Waals surface area contributed by atoms with Crippen LogP contribution in [0.25, 0.3) is 10.4 Å². The maximum atomic E-state index is 14.2. The van der Waals surface area contributed by atoms with Crippen molar-refractivity contribution in [2.45, 2.75) is 98.1 Å². The van der Waals surface area contributed by atoms with Gasteiger partial charge in [-0.3, -0.25) is 19.2 Å². The van der Waals surface area contributed by atoms with Gasteiger partial charge in [-0.25, -0.2) is 4.98 Å². The number of aromatic nitrogens is 1. The van der Waals surface area contributed by atoms with E-state index in [0.29, 0.717) is 19.4 Å². The van der Waals surface area contributed by atoms with E-state index < -0.39 is 41.5 Å². The lowest BCUT2D eigenvalue weighted by molar-refractivity contribution is -0.147. The van der Waals surface area contributed by atoms with E-state index >= 15 is 0 Å². The van der Waals surface area contributed by atoms with E-state index in [-0.39, 0.29) is 37.2 Å². The van der Waals surface area contributed by atoms with E-state index in [4.69, 9.17) is 0 Å². The SMILES string of the molecule is Cc1ncsc1-c1ccc(CNC(=O)C2CC(O)CN2C(=O)C(NC(=O)C2Cc3ccccc3CN2C(=O)CC(C)C)C(C)(C)C)cc1. The molecule has 0 bridgehead atoms. The number of β-amino-alcohol motifs (C(OH)–C–C–N with tert-alkyl or cyclic N) is 1. The van der Waals surface area contributed by atoms with E-state index in [2.05, 4.69) is 15.6 Å². The van der Waals surface area contributed by atoms with Crippen molar-refractivity contribution in [1.82, 2.24) is 25.4 Å². The molecule has 1 fully saturated rings. The van der Waals surface area contributed by atoms with Crippen LogP contribution >= 0.6 is 11.3 Å². The summed E-state index contributed by atoms with van der Waals surface area (Å²) in [5, 5.41) is 16.5. The highest BCUT2D eigenvalue weighted by molar-refractivity contribution is 7.13. The summed E-state index contributed by atoms with van der Waals surface area (Å²) in [5.41, 5.74) is 6.02. The van der Waals surface area contributed by atoms with Crippen LogP contribution in [0.5, 0.6) is 0 Å². The fourth-order valence-electron chi connectivity index (χ4n) is 6.50. The van der Waals surface area contributed by atoms with Gasteiger partial charge in [0.1, 0.15) is 18.1 Å². The summed E-state index contributed by atoms with van der Waals surface area (Å²) in [6.07, 6.45) is -0.119. The van der Waals surface area contributed by atoms with E-state index in [1.807, 2.05) is 95.6 Å². The van der Waals surface area contributed by atoms with Crippen LogP contribution in [0.1, 0.15) is 69.8 Å². The van der Waals surface area contributed by atoms with Crippen molar-refractivity contribution >= 4 is 35.0 Å². The van der Waals surface area contributed by atoms with Gasteiger partial charge in [-0.1, -0.05) is 83.1 Å². The van der Waals surface area contributed by atoms with E-state index in [0.717, 1.165) is 32.8 Å². The number of aryl methyl sites for hydroxylation is 1.